The van der Waals surface area contributed by atoms with Crippen molar-refractivity contribution in [1.29, 1.82) is 0 Å². The zero-order valence-corrected chi connectivity index (χ0v) is 13.3. The van der Waals surface area contributed by atoms with Crippen LogP contribution in [-0.2, 0) is 0 Å². The third-order valence-corrected chi connectivity index (χ3v) is 5.95. The van der Waals surface area contributed by atoms with Gasteiger partial charge in [-0.3, -0.25) is 0 Å². The second kappa shape index (κ2) is 6.38. The number of rotatable bonds is 5. The van der Waals surface area contributed by atoms with Crippen LogP contribution < -0.4 is 5.32 Å². The van der Waals surface area contributed by atoms with Gasteiger partial charge in [0.25, 0.3) is 0 Å². The van der Waals surface area contributed by atoms with Crippen molar-refractivity contribution in [1.82, 2.24) is 5.32 Å². The molecular formula is C11H17Br2NS. The van der Waals surface area contributed by atoms with Gasteiger partial charge in [-0.1, -0.05) is 27.2 Å². The lowest BCUT2D eigenvalue weighted by Gasteiger charge is -2.22. The van der Waals surface area contributed by atoms with Gasteiger partial charge in [-0.05, 0) is 50.4 Å². The first kappa shape index (κ1) is 13.7. The minimum absolute atomic E-state index is 0.479. The van der Waals surface area contributed by atoms with E-state index < -0.39 is 0 Å². The lowest BCUT2D eigenvalue weighted by molar-refractivity contribution is 0.389. The summed E-state index contributed by atoms with van der Waals surface area (Å²) in [7, 11) is 0. The van der Waals surface area contributed by atoms with Crippen LogP contribution in [0.4, 0.5) is 0 Å². The van der Waals surface area contributed by atoms with E-state index in [1.54, 1.807) is 0 Å². The highest BCUT2D eigenvalue weighted by atomic mass is 79.9. The molecule has 15 heavy (non-hydrogen) atoms. The fourth-order valence-corrected chi connectivity index (χ4v) is 3.85. The van der Waals surface area contributed by atoms with Crippen molar-refractivity contribution in [3.05, 3.63) is 19.2 Å². The minimum Gasteiger partial charge on any atom is -0.309 e. The number of hydrogen-bond acceptors (Lipinski definition) is 2. The molecular weight excluding hydrogens is 338 g/mol. The average molecular weight is 355 g/mol. The zero-order chi connectivity index (χ0) is 11.4. The van der Waals surface area contributed by atoms with Gasteiger partial charge in [0.1, 0.15) is 0 Å². The SMILES string of the molecule is CCNC(c1cc(Br)c(Br)s1)C(C)CC. The van der Waals surface area contributed by atoms with Gasteiger partial charge >= 0.3 is 0 Å². The first-order valence-corrected chi connectivity index (χ1v) is 7.68. The van der Waals surface area contributed by atoms with E-state index in [0.717, 1.165) is 11.0 Å². The highest BCUT2D eigenvalue weighted by molar-refractivity contribution is 9.13. The van der Waals surface area contributed by atoms with E-state index >= 15 is 0 Å². The molecule has 1 N–H and O–H groups in total. The van der Waals surface area contributed by atoms with Crippen LogP contribution >= 0.6 is 43.2 Å². The van der Waals surface area contributed by atoms with Crippen molar-refractivity contribution in [2.24, 2.45) is 5.92 Å². The highest BCUT2D eigenvalue weighted by Crippen LogP contribution is 2.38. The molecule has 4 heteroatoms. The summed E-state index contributed by atoms with van der Waals surface area (Å²) in [6.07, 6.45) is 1.20. The molecule has 0 saturated carbocycles. The van der Waals surface area contributed by atoms with E-state index in [-0.39, 0.29) is 0 Å². The summed E-state index contributed by atoms with van der Waals surface area (Å²) in [5, 5.41) is 3.56. The molecule has 0 spiro atoms. The number of thiophene rings is 1. The van der Waals surface area contributed by atoms with Gasteiger partial charge < -0.3 is 5.32 Å². The van der Waals surface area contributed by atoms with Gasteiger partial charge in [-0.15, -0.1) is 11.3 Å². The maximum absolute atomic E-state index is 3.56. The first-order valence-electron chi connectivity index (χ1n) is 5.28. The van der Waals surface area contributed by atoms with Gasteiger partial charge in [0.2, 0.25) is 0 Å². The Morgan fingerprint density at radius 3 is 2.47 bits per heavy atom. The van der Waals surface area contributed by atoms with Crippen LogP contribution in [0.25, 0.3) is 0 Å². The van der Waals surface area contributed by atoms with Crippen molar-refractivity contribution in [2.75, 3.05) is 6.54 Å². The molecule has 0 radical (unpaired) electrons. The van der Waals surface area contributed by atoms with E-state index in [1.165, 1.54) is 15.1 Å². The normalized spacial score (nSPS) is 15.3. The van der Waals surface area contributed by atoms with Gasteiger partial charge in [0, 0.05) is 15.4 Å². The van der Waals surface area contributed by atoms with Crippen LogP contribution in [0.15, 0.2) is 14.3 Å². The lowest BCUT2D eigenvalue weighted by Crippen LogP contribution is -2.25. The summed E-state index contributed by atoms with van der Waals surface area (Å²) in [6.45, 7) is 7.72. The van der Waals surface area contributed by atoms with Gasteiger partial charge in [0.05, 0.1) is 3.79 Å². The van der Waals surface area contributed by atoms with Crippen molar-refractivity contribution >= 4 is 43.2 Å². The molecule has 0 aliphatic rings. The summed E-state index contributed by atoms with van der Waals surface area (Å²) in [5.41, 5.74) is 0. The van der Waals surface area contributed by atoms with Crippen LogP contribution in [0.2, 0.25) is 0 Å². The number of nitrogens with one attached hydrogen (secondary N) is 1. The molecule has 1 heterocycles. The zero-order valence-electron chi connectivity index (χ0n) is 9.31. The van der Waals surface area contributed by atoms with Crippen LogP contribution in [-0.4, -0.2) is 6.54 Å². The fourth-order valence-electron chi connectivity index (χ4n) is 1.55. The molecule has 0 fully saturated rings. The molecule has 0 aromatic carbocycles. The van der Waals surface area contributed by atoms with Crippen LogP contribution in [0.3, 0.4) is 0 Å². The highest BCUT2D eigenvalue weighted by Gasteiger charge is 2.19. The van der Waals surface area contributed by atoms with Gasteiger partial charge in [-0.2, -0.15) is 0 Å². The Morgan fingerprint density at radius 2 is 2.07 bits per heavy atom. The third kappa shape index (κ3) is 3.55. The number of halogens is 2. The molecule has 0 bridgehead atoms. The Hall–Kier alpha value is 0.620. The molecule has 86 valence electrons. The second-order valence-corrected chi connectivity index (χ2v) is 6.95. The molecule has 1 nitrogen and oxygen atoms in total. The molecule has 0 saturated heterocycles. The number of hydrogen-bond donors (Lipinski definition) is 1. The Bertz CT molecular complexity index is 292. The molecule has 1 rings (SSSR count). The van der Waals surface area contributed by atoms with E-state index in [1.807, 2.05) is 11.3 Å². The Balaban J connectivity index is 2.88. The quantitative estimate of drug-likeness (QED) is 0.787. The largest absolute Gasteiger partial charge is 0.309 e. The maximum atomic E-state index is 3.56. The predicted molar refractivity (Wildman–Crippen MR) is 75.6 cm³/mol. The molecule has 0 aliphatic carbocycles. The summed E-state index contributed by atoms with van der Waals surface area (Å²) >= 11 is 8.91. The van der Waals surface area contributed by atoms with Gasteiger partial charge in [0.15, 0.2) is 0 Å². The second-order valence-electron chi connectivity index (χ2n) is 3.69. The average Bonchev–Trinajstić information content (AvgIpc) is 2.54. The van der Waals surface area contributed by atoms with Gasteiger partial charge in [-0.25, -0.2) is 0 Å². The van der Waals surface area contributed by atoms with E-state index in [2.05, 4.69) is 64.0 Å². The topological polar surface area (TPSA) is 12.0 Å². The van der Waals surface area contributed by atoms with Crippen LogP contribution in [0.5, 0.6) is 0 Å². The van der Waals surface area contributed by atoms with Crippen LogP contribution in [0.1, 0.15) is 38.1 Å². The lowest BCUT2D eigenvalue weighted by atomic mass is 9.98. The molecule has 0 aliphatic heterocycles. The summed E-state index contributed by atoms with van der Waals surface area (Å²) in [4.78, 5) is 1.41. The van der Waals surface area contributed by atoms with E-state index in [9.17, 15) is 0 Å². The first-order chi connectivity index (χ1) is 7.10. The maximum Gasteiger partial charge on any atom is 0.0843 e. The van der Waals surface area contributed by atoms with E-state index in [0.29, 0.717) is 12.0 Å². The Labute approximate surface area is 113 Å². The van der Waals surface area contributed by atoms with E-state index in [4.69, 9.17) is 0 Å². The smallest absolute Gasteiger partial charge is 0.0843 e. The third-order valence-electron chi connectivity index (χ3n) is 2.61. The summed E-state index contributed by atoms with van der Waals surface area (Å²) in [6, 6.07) is 2.70. The molecule has 2 unspecified atom stereocenters. The van der Waals surface area contributed by atoms with Crippen molar-refractivity contribution in [3.8, 4) is 0 Å². The minimum atomic E-state index is 0.479. The fraction of sp³-hybridized carbons (Fsp3) is 0.636. The molecule has 1 aromatic rings. The standard InChI is InChI=1S/C11H17Br2NS/c1-4-7(3)10(14-5-2)9-6-8(12)11(13)15-9/h6-7,10,14H,4-5H2,1-3H3. The van der Waals surface area contributed by atoms with Crippen molar-refractivity contribution in [3.63, 3.8) is 0 Å². The van der Waals surface area contributed by atoms with Crippen molar-refractivity contribution in [2.45, 2.75) is 33.2 Å². The summed E-state index contributed by atoms with van der Waals surface area (Å²) < 4.78 is 2.34. The van der Waals surface area contributed by atoms with Crippen molar-refractivity contribution < 1.29 is 0 Å². The Morgan fingerprint density at radius 1 is 1.40 bits per heavy atom. The molecule has 0 amide bonds. The monoisotopic (exact) mass is 353 g/mol. The molecule has 2 atom stereocenters. The predicted octanol–water partition coefficient (Wildman–Crippen LogP) is 4.97. The molecule has 1 aromatic heterocycles. The summed E-state index contributed by atoms with van der Waals surface area (Å²) in [5.74, 6) is 0.669. The Kier molecular flexibility index (Phi) is 5.82. The van der Waals surface area contributed by atoms with Crippen LogP contribution in [0, 0.1) is 5.92 Å².